The van der Waals surface area contributed by atoms with Crippen LogP contribution in [0.1, 0.15) is 30.4 Å². The minimum absolute atomic E-state index is 0.0222. The van der Waals surface area contributed by atoms with Crippen LogP contribution in [0.3, 0.4) is 0 Å². The highest BCUT2D eigenvalue weighted by atomic mass is 16.6. The lowest BCUT2D eigenvalue weighted by atomic mass is 9.66. The van der Waals surface area contributed by atoms with Crippen molar-refractivity contribution in [3.63, 3.8) is 0 Å². The number of imide groups is 2. The van der Waals surface area contributed by atoms with Crippen molar-refractivity contribution in [2.75, 3.05) is 11.4 Å². The highest BCUT2D eigenvalue weighted by Gasteiger charge is 2.62. The molecule has 2 aromatic carbocycles. The van der Waals surface area contributed by atoms with Gasteiger partial charge in [-0.15, -0.1) is 0 Å². The number of rotatable bonds is 3. The smallest absolute Gasteiger partial charge is 0.331 e. The number of amides is 4. The van der Waals surface area contributed by atoms with Gasteiger partial charge in [-0.25, -0.2) is 4.79 Å². The zero-order valence-electron chi connectivity index (χ0n) is 17.3. The summed E-state index contributed by atoms with van der Waals surface area (Å²) in [5.41, 5.74) is 0.571. The Bertz CT molecular complexity index is 1130. The van der Waals surface area contributed by atoms with E-state index >= 15 is 0 Å². The standard InChI is InChI=1S/C23H22N4O5/c28-20-23(21(29)26(22(30)24-20)14-15-6-2-1-3-7-15)13-16-12-17(27(31)32)9-10-18(16)25-11-5-4-8-19(23)25/h1-3,6-7,9-10,12,19H,4-5,8,11,13-14H2,(H,24,28,30)/t19-,23-/m0/s1. The van der Waals surface area contributed by atoms with Gasteiger partial charge in [0, 0.05) is 30.8 Å². The van der Waals surface area contributed by atoms with Crippen LogP contribution < -0.4 is 10.2 Å². The Hall–Kier alpha value is -3.75. The van der Waals surface area contributed by atoms with Crippen molar-refractivity contribution >= 4 is 29.2 Å². The molecule has 4 amide bonds. The predicted molar refractivity (Wildman–Crippen MR) is 115 cm³/mol. The molecule has 9 nitrogen and oxygen atoms in total. The van der Waals surface area contributed by atoms with E-state index in [1.54, 1.807) is 6.07 Å². The fourth-order valence-corrected chi connectivity index (χ4v) is 5.32. The number of carbonyl (C=O) groups is 3. The van der Waals surface area contributed by atoms with Crippen LogP contribution in [0.25, 0.3) is 0 Å². The lowest BCUT2D eigenvalue weighted by Crippen LogP contribution is -2.72. The Morgan fingerprint density at radius 2 is 1.88 bits per heavy atom. The van der Waals surface area contributed by atoms with Crippen molar-refractivity contribution in [2.24, 2.45) is 5.41 Å². The maximum absolute atomic E-state index is 13.9. The number of nitro groups is 1. The maximum Gasteiger partial charge on any atom is 0.331 e. The minimum Gasteiger partial charge on any atom is -0.367 e. The third-order valence-corrected chi connectivity index (χ3v) is 6.81. The Labute approximate surface area is 184 Å². The van der Waals surface area contributed by atoms with Crippen LogP contribution in [0.5, 0.6) is 0 Å². The lowest BCUT2D eigenvalue weighted by molar-refractivity contribution is -0.384. The van der Waals surface area contributed by atoms with Crippen LogP contribution in [-0.4, -0.2) is 40.3 Å². The molecule has 0 saturated carbocycles. The average Bonchev–Trinajstić information content (AvgIpc) is 2.80. The largest absolute Gasteiger partial charge is 0.367 e. The normalized spacial score (nSPS) is 24.8. The van der Waals surface area contributed by atoms with Gasteiger partial charge in [-0.2, -0.15) is 0 Å². The molecule has 2 atom stereocenters. The molecule has 9 heteroatoms. The van der Waals surface area contributed by atoms with Gasteiger partial charge in [0.25, 0.3) is 5.69 Å². The molecule has 0 bridgehead atoms. The number of hydrogen-bond acceptors (Lipinski definition) is 6. The molecule has 3 aliphatic rings. The molecule has 0 radical (unpaired) electrons. The van der Waals surface area contributed by atoms with Gasteiger partial charge in [0.15, 0.2) is 5.41 Å². The summed E-state index contributed by atoms with van der Waals surface area (Å²) in [7, 11) is 0. The zero-order chi connectivity index (χ0) is 22.5. The van der Waals surface area contributed by atoms with Crippen molar-refractivity contribution in [3.05, 3.63) is 69.8 Å². The summed E-state index contributed by atoms with van der Waals surface area (Å²) in [6.45, 7) is 0.694. The van der Waals surface area contributed by atoms with E-state index in [0.29, 0.717) is 18.5 Å². The Balaban J connectivity index is 1.61. The first-order valence-corrected chi connectivity index (χ1v) is 10.7. The number of fused-ring (bicyclic) bond motifs is 4. The van der Waals surface area contributed by atoms with E-state index in [9.17, 15) is 24.5 Å². The molecule has 1 N–H and O–H groups in total. The quantitative estimate of drug-likeness (QED) is 0.452. The molecule has 2 aromatic rings. The number of carbonyl (C=O) groups excluding carboxylic acids is 3. The van der Waals surface area contributed by atoms with Gasteiger partial charge in [-0.3, -0.25) is 29.9 Å². The molecule has 0 aromatic heterocycles. The van der Waals surface area contributed by atoms with Gasteiger partial charge in [-0.05, 0) is 36.5 Å². The molecule has 32 heavy (non-hydrogen) atoms. The summed E-state index contributed by atoms with van der Waals surface area (Å²) >= 11 is 0. The molecule has 164 valence electrons. The van der Waals surface area contributed by atoms with Crippen LogP contribution in [-0.2, 0) is 22.6 Å². The molecule has 2 saturated heterocycles. The Kier molecular flexibility index (Phi) is 4.69. The molecule has 1 spiro atoms. The average molecular weight is 434 g/mol. The van der Waals surface area contributed by atoms with E-state index in [1.165, 1.54) is 12.1 Å². The number of non-ortho nitro benzene ring substituents is 1. The van der Waals surface area contributed by atoms with Gasteiger partial charge in [0.2, 0.25) is 11.8 Å². The molecule has 0 unspecified atom stereocenters. The van der Waals surface area contributed by atoms with Crippen molar-refractivity contribution < 1.29 is 19.3 Å². The highest BCUT2D eigenvalue weighted by Crippen LogP contribution is 2.48. The number of nitrogens with zero attached hydrogens (tertiary/aromatic N) is 3. The first kappa shape index (κ1) is 20.2. The first-order chi connectivity index (χ1) is 15.4. The second-order valence-electron chi connectivity index (χ2n) is 8.56. The molecule has 5 rings (SSSR count). The van der Waals surface area contributed by atoms with E-state index in [4.69, 9.17) is 0 Å². The van der Waals surface area contributed by atoms with Crippen molar-refractivity contribution in [1.29, 1.82) is 0 Å². The summed E-state index contributed by atoms with van der Waals surface area (Å²) in [6, 6.07) is 12.6. The fourth-order valence-electron chi connectivity index (χ4n) is 5.32. The van der Waals surface area contributed by atoms with Gasteiger partial charge < -0.3 is 4.90 Å². The maximum atomic E-state index is 13.9. The summed E-state index contributed by atoms with van der Waals surface area (Å²) in [5.74, 6) is -1.16. The number of nitro benzene ring substituents is 1. The van der Waals surface area contributed by atoms with Crippen LogP contribution in [0.4, 0.5) is 16.2 Å². The van der Waals surface area contributed by atoms with Crippen molar-refractivity contribution in [2.45, 2.75) is 38.3 Å². The Morgan fingerprint density at radius 3 is 2.62 bits per heavy atom. The highest BCUT2D eigenvalue weighted by molar-refractivity contribution is 6.20. The third-order valence-electron chi connectivity index (χ3n) is 6.81. The van der Waals surface area contributed by atoms with Crippen LogP contribution in [0, 0.1) is 15.5 Å². The third kappa shape index (κ3) is 2.96. The van der Waals surface area contributed by atoms with E-state index in [2.05, 4.69) is 5.32 Å². The minimum atomic E-state index is -1.51. The number of anilines is 1. The van der Waals surface area contributed by atoms with Crippen molar-refractivity contribution in [3.8, 4) is 0 Å². The Morgan fingerprint density at radius 1 is 1.09 bits per heavy atom. The van der Waals surface area contributed by atoms with E-state index in [1.807, 2.05) is 35.2 Å². The fraction of sp³-hybridized carbons (Fsp3) is 0.348. The van der Waals surface area contributed by atoms with E-state index in [-0.39, 0.29) is 18.7 Å². The second-order valence-corrected chi connectivity index (χ2v) is 8.56. The molecule has 0 aliphatic carbocycles. The summed E-state index contributed by atoms with van der Waals surface area (Å²) < 4.78 is 0. The number of benzene rings is 2. The number of nitrogens with one attached hydrogen (secondary N) is 1. The number of barbiturate groups is 1. The van der Waals surface area contributed by atoms with Crippen LogP contribution >= 0.6 is 0 Å². The van der Waals surface area contributed by atoms with Crippen LogP contribution in [0.15, 0.2) is 48.5 Å². The SMILES string of the molecule is O=C1NC(=O)[C@@]2(Cc3cc([N+](=O)[O-])ccc3N3CCCC[C@H]32)C(=O)N1Cc1ccccc1. The van der Waals surface area contributed by atoms with E-state index < -0.39 is 34.2 Å². The monoisotopic (exact) mass is 434 g/mol. The van der Waals surface area contributed by atoms with Gasteiger partial charge >= 0.3 is 6.03 Å². The number of hydrogen-bond donors (Lipinski definition) is 1. The van der Waals surface area contributed by atoms with Gasteiger partial charge in [0.1, 0.15) is 0 Å². The topological polar surface area (TPSA) is 113 Å². The van der Waals surface area contributed by atoms with Crippen molar-refractivity contribution in [1.82, 2.24) is 10.2 Å². The second kappa shape index (κ2) is 7.44. The first-order valence-electron chi connectivity index (χ1n) is 10.7. The van der Waals surface area contributed by atoms with Crippen LogP contribution in [0.2, 0.25) is 0 Å². The summed E-state index contributed by atoms with van der Waals surface area (Å²) in [5, 5.41) is 13.8. The number of piperidine rings is 1. The molecule has 3 aliphatic heterocycles. The number of urea groups is 1. The summed E-state index contributed by atoms with van der Waals surface area (Å²) in [4.78, 5) is 53.9. The predicted octanol–water partition coefficient (Wildman–Crippen LogP) is 2.77. The zero-order valence-corrected chi connectivity index (χ0v) is 17.3. The summed E-state index contributed by atoms with van der Waals surface area (Å²) in [6.07, 6.45) is 2.40. The molecule has 2 fully saturated rings. The molecule has 3 heterocycles. The molecular formula is C23H22N4O5. The van der Waals surface area contributed by atoms with Gasteiger partial charge in [-0.1, -0.05) is 30.3 Å². The van der Waals surface area contributed by atoms with E-state index in [0.717, 1.165) is 29.0 Å². The van der Waals surface area contributed by atoms with Gasteiger partial charge in [0.05, 0.1) is 17.5 Å². The lowest BCUT2D eigenvalue weighted by Gasteiger charge is -2.53. The molecular weight excluding hydrogens is 412 g/mol.